The van der Waals surface area contributed by atoms with Crippen LogP contribution in [0.2, 0.25) is 0 Å². The van der Waals surface area contributed by atoms with Crippen LogP contribution in [-0.4, -0.2) is 18.4 Å². The Kier molecular flexibility index (Phi) is 5.91. The van der Waals surface area contributed by atoms with E-state index in [1.165, 1.54) is 24.0 Å². The lowest BCUT2D eigenvalue weighted by atomic mass is 9.97. The highest BCUT2D eigenvalue weighted by molar-refractivity contribution is 6.02. The molecular weight excluding hydrogens is 319 g/mol. The smallest absolute Gasteiger partial charge is 0.244 e. The fraction of sp³-hybridized carbons (Fsp3) is 0.300. The summed E-state index contributed by atoms with van der Waals surface area (Å²) in [5.74, 6) is -0.992. The van der Waals surface area contributed by atoms with Gasteiger partial charge in [0.15, 0.2) is 0 Å². The van der Waals surface area contributed by atoms with Crippen LogP contribution in [0, 0.1) is 12.7 Å². The third-order valence-corrected chi connectivity index (χ3v) is 3.99. The van der Waals surface area contributed by atoms with E-state index in [1.807, 2.05) is 39.0 Å². The van der Waals surface area contributed by atoms with Crippen LogP contribution in [0.5, 0.6) is 0 Å². The number of carbonyl (C=O) groups is 2. The van der Waals surface area contributed by atoms with Crippen LogP contribution in [0.4, 0.5) is 15.8 Å². The van der Waals surface area contributed by atoms with Gasteiger partial charge in [-0.05, 0) is 36.1 Å². The van der Waals surface area contributed by atoms with Crippen LogP contribution >= 0.6 is 0 Å². The number of nitrogens with zero attached hydrogens (tertiary/aromatic N) is 1. The Morgan fingerprint density at radius 2 is 1.80 bits per heavy atom. The molecule has 0 heterocycles. The summed E-state index contributed by atoms with van der Waals surface area (Å²) >= 11 is 0. The second-order valence-corrected chi connectivity index (χ2v) is 6.30. The highest BCUT2D eigenvalue weighted by Gasteiger charge is 2.22. The van der Waals surface area contributed by atoms with Crippen molar-refractivity contribution < 1.29 is 14.0 Å². The van der Waals surface area contributed by atoms with Crippen molar-refractivity contribution >= 4 is 23.2 Å². The summed E-state index contributed by atoms with van der Waals surface area (Å²) in [6, 6.07) is 11.7. The molecule has 2 aromatic carbocycles. The van der Waals surface area contributed by atoms with Crippen LogP contribution in [0.3, 0.4) is 0 Å². The minimum atomic E-state index is -0.510. The number of hydrogen-bond donors (Lipinski definition) is 1. The lowest BCUT2D eigenvalue weighted by molar-refractivity contribution is -0.120. The molecule has 2 amide bonds. The molecule has 0 aromatic heterocycles. The first-order valence-corrected chi connectivity index (χ1v) is 8.23. The van der Waals surface area contributed by atoms with Gasteiger partial charge in [-0.1, -0.05) is 44.2 Å². The monoisotopic (exact) mass is 342 g/mol. The Hall–Kier alpha value is -2.69. The Morgan fingerprint density at radius 1 is 1.12 bits per heavy atom. The highest BCUT2D eigenvalue weighted by atomic mass is 19.1. The normalized spacial score (nSPS) is 10.6. The van der Waals surface area contributed by atoms with Crippen molar-refractivity contribution in [1.82, 2.24) is 0 Å². The van der Waals surface area contributed by atoms with Gasteiger partial charge in [-0.25, -0.2) is 4.39 Å². The number of anilines is 2. The van der Waals surface area contributed by atoms with Gasteiger partial charge in [-0.15, -0.1) is 0 Å². The Balaban J connectivity index is 2.30. The first kappa shape index (κ1) is 18.6. The number of hydrogen-bond acceptors (Lipinski definition) is 2. The summed E-state index contributed by atoms with van der Waals surface area (Å²) in [5, 5.41) is 2.53. The number of rotatable bonds is 5. The van der Waals surface area contributed by atoms with Crippen molar-refractivity contribution in [1.29, 1.82) is 0 Å². The molecule has 0 aliphatic carbocycles. The van der Waals surface area contributed by atoms with Crippen LogP contribution in [-0.2, 0) is 9.59 Å². The van der Waals surface area contributed by atoms with Crippen LogP contribution in [0.15, 0.2) is 42.5 Å². The standard InChI is InChI=1S/C20H23FN2O2/c1-13(2)16-9-7-8-14(3)20(16)23(15(4)24)12-19(25)22-18-11-6-5-10-17(18)21/h5-11,13H,12H2,1-4H3,(H,22,25). The van der Waals surface area contributed by atoms with Crippen molar-refractivity contribution in [2.75, 3.05) is 16.8 Å². The number of nitrogens with one attached hydrogen (secondary N) is 1. The molecule has 4 nitrogen and oxygen atoms in total. The van der Waals surface area contributed by atoms with Gasteiger partial charge in [0.1, 0.15) is 12.4 Å². The van der Waals surface area contributed by atoms with E-state index in [9.17, 15) is 14.0 Å². The number of aryl methyl sites for hydroxylation is 1. The molecule has 0 bridgehead atoms. The SMILES string of the molecule is CC(=O)N(CC(=O)Nc1ccccc1F)c1c(C)cccc1C(C)C. The zero-order chi connectivity index (χ0) is 18.6. The van der Waals surface area contributed by atoms with Gasteiger partial charge in [0.25, 0.3) is 0 Å². The van der Waals surface area contributed by atoms with Crippen LogP contribution < -0.4 is 10.2 Å². The fourth-order valence-electron chi connectivity index (χ4n) is 2.76. The minimum absolute atomic E-state index is 0.102. The maximum atomic E-state index is 13.7. The Labute approximate surface area is 147 Å². The molecule has 0 aliphatic heterocycles. The maximum Gasteiger partial charge on any atom is 0.244 e. The lowest BCUT2D eigenvalue weighted by Crippen LogP contribution is -2.38. The summed E-state index contributed by atoms with van der Waals surface area (Å²) in [7, 11) is 0. The summed E-state index contributed by atoms with van der Waals surface area (Å²) in [6.07, 6.45) is 0. The minimum Gasteiger partial charge on any atom is -0.322 e. The molecule has 5 heteroatoms. The highest BCUT2D eigenvalue weighted by Crippen LogP contribution is 2.31. The summed E-state index contributed by atoms with van der Waals surface area (Å²) in [6.45, 7) is 7.24. The van der Waals surface area contributed by atoms with E-state index in [-0.39, 0.29) is 24.1 Å². The lowest BCUT2D eigenvalue weighted by Gasteiger charge is -2.27. The first-order chi connectivity index (χ1) is 11.8. The zero-order valence-corrected chi connectivity index (χ0v) is 15.0. The molecule has 2 rings (SSSR count). The van der Waals surface area contributed by atoms with Crippen molar-refractivity contribution in [2.45, 2.75) is 33.6 Å². The second-order valence-electron chi connectivity index (χ2n) is 6.30. The number of amides is 2. The molecule has 0 atom stereocenters. The molecule has 1 N–H and O–H groups in total. The van der Waals surface area contributed by atoms with Gasteiger partial charge in [0.05, 0.1) is 11.4 Å². The van der Waals surface area contributed by atoms with Gasteiger partial charge >= 0.3 is 0 Å². The summed E-state index contributed by atoms with van der Waals surface area (Å²) < 4.78 is 13.7. The predicted octanol–water partition coefficient (Wildman–Crippen LogP) is 4.25. The van der Waals surface area contributed by atoms with Gasteiger partial charge in [0.2, 0.25) is 11.8 Å². The molecule has 0 spiro atoms. The molecule has 0 unspecified atom stereocenters. The third-order valence-electron chi connectivity index (χ3n) is 3.99. The van der Waals surface area contributed by atoms with Crippen molar-refractivity contribution in [3.63, 3.8) is 0 Å². The summed E-state index contributed by atoms with van der Waals surface area (Å²) in [4.78, 5) is 26.0. The van der Waals surface area contributed by atoms with Gasteiger partial charge < -0.3 is 10.2 Å². The molecular formula is C20H23FN2O2. The molecule has 2 aromatic rings. The van der Waals surface area contributed by atoms with E-state index in [0.717, 1.165) is 16.8 Å². The van der Waals surface area contributed by atoms with E-state index in [4.69, 9.17) is 0 Å². The number of benzene rings is 2. The molecule has 0 aliphatic rings. The van der Waals surface area contributed by atoms with Gasteiger partial charge in [-0.2, -0.15) is 0 Å². The average molecular weight is 342 g/mol. The largest absolute Gasteiger partial charge is 0.322 e. The molecule has 0 saturated carbocycles. The average Bonchev–Trinajstić information content (AvgIpc) is 2.54. The molecule has 0 fully saturated rings. The van der Waals surface area contributed by atoms with E-state index in [2.05, 4.69) is 5.32 Å². The van der Waals surface area contributed by atoms with E-state index < -0.39 is 11.7 Å². The first-order valence-electron chi connectivity index (χ1n) is 8.23. The molecule has 0 radical (unpaired) electrons. The second kappa shape index (κ2) is 7.92. The molecule has 132 valence electrons. The molecule has 25 heavy (non-hydrogen) atoms. The topological polar surface area (TPSA) is 49.4 Å². The zero-order valence-electron chi connectivity index (χ0n) is 15.0. The molecule has 0 saturated heterocycles. The van der Waals surface area contributed by atoms with E-state index in [0.29, 0.717) is 0 Å². The van der Waals surface area contributed by atoms with Gasteiger partial charge in [0, 0.05) is 6.92 Å². The quantitative estimate of drug-likeness (QED) is 0.883. The maximum absolute atomic E-state index is 13.7. The van der Waals surface area contributed by atoms with Crippen molar-refractivity contribution in [3.05, 3.63) is 59.4 Å². The van der Waals surface area contributed by atoms with Gasteiger partial charge in [-0.3, -0.25) is 9.59 Å². The van der Waals surface area contributed by atoms with Crippen molar-refractivity contribution in [2.24, 2.45) is 0 Å². The fourth-order valence-corrected chi connectivity index (χ4v) is 2.76. The number of halogens is 1. The van der Waals surface area contributed by atoms with Crippen molar-refractivity contribution in [3.8, 4) is 0 Å². The third kappa shape index (κ3) is 4.44. The summed E-state index contributed by atoms with van der Waals surface area (Å²) in [5.41, 5.74) is 2.76. The van der Waals surface area contributed by atoms with Crippen LogP contribution in [0.25, 0.3) is 0 Å². The number of carbonyl (C=O) groups excluding carboxylic acids is 2. The van der Waals surface area contributed by atoms with E-state index >= 15 is 0 Å². The van der Waals surface area contributed by atoms with Crippen LogP contribution in [0.1, 0.15) is 37.8 Å². The number of para-hydroxylation sites is 2. The van der Waals surface area contributed by atoms with E-state index in [1.54, 1.807) is 12.1 Å². The predicted molar refractivity (Wildman–Crippen MR) is 98.3 cm³/mol. The Morgan fingerprint density at radius 3 is 2.40 bits per heavy atom. The Bertz CT molecular complexity index is 787.